The summed E-state index contributed by atoms with van der Waals surface area (Å²) in [5.41, 5.74) is 3.05. The minimum Gasteiger partial charge on any atom is -0.340 e. The number of hydrogen-bond donors (Lipinski definition) is 1. The number of nitrogens with one attached hydrogen (secondary N) is 1. The van der Waals surface area contributed by atoms with Gasteiger partial charge in [-0.2, -0.15) is 0 Å². The van der Waals surface area contributed by atoms with Crippen molar-refractivity contribution in [2.24, 2.45) is 0 Å². The molecule has 0 amide bonds. The van der Waals surface area contributed by atoms with Crippen molar-refractivity contribution in [1.29, 1.82) is 0 Å². The van der Waals surface area contributed by atoms with E-state index in [1.165, 1.54) is 21.5 Å². The molecule has 4 heteroatoms. The molecule has 1 N–H and O–H groups in total. The molecule has 146 valence electrons. The van der Waals surface area contributed by atoms with Gasteiger partial charge in [-0.15, -0.1) is 0 Å². The number of nitrogens with zero attached hydrogens (tertiary/aromatic N) is 2. The van der Waals surface area contributed by atoms with Crippen LogP contribution in [0.2, 0.25) is 0 Å². The maximum atomic E-state index is 4.78. The molecule has 3 aromatic carbocycles. The minimum atomic E-state index is -0.671. The molecule has 3 nitrogen and oxygen atoms in total. The highest BCUT2D eigenvalue weighted by Crippen LogP contribution is 2.37. The maximum Gasteiger partial charge on any atom is 0.177 e. The Kier molecular flexibility index (Phi) is 5.13. The van der Waals surface area contributed by atoms with Crippen LogP contribution in [0.1, 0.15) is 24.2 Å². The first kappa shape index (κ1) is 18.7. The number of H-pyrrole nitrogens is 1. The summed E-state index contributed by atoms with van der Waals surface area (Å²) in [6, 6.07) is 34.4. The zero-order valence-electron chi connectivity index (χ0n) is 16.7. The van der Waals surface area contributed by atoms with Crippen molar-refractivity contribution >= 4 is 35.0 Å². The normalized spacial score (nSPS) is 12.3. The Balaban J connectivity index is 1.65. The van der Waals surface area contributed by atoms with Crippen LogP contribution in [0.4, 0.5) is 0 Å². The number of benzene rings is 3. The highest BCUT2D eigenvalue weighted by Gasteiger charge is 2.23. The first-order chi connectivity index (χ1) is 14.8. The van der Waals surface area contributed by atoms with Crippen molar-refractivity contribution < 1.29 is 0 Å². The lowest BCUT2D eigenvalue weighted by molar-refractivity contribution is 0.850. The molecule has 0 aliphatic heterocycles. The number of imidazole rings is 1. The smallest absolute Gasteiger partial charge is 0.177 e. The van der Waals surface area contributed by atoms with Gasteiger partial charge in [-0.1, -0.05) is 91.9 Å². The van der Waals surface area contributed by atoms with Crippen LogP contribution < -0.4 is 15.9 Å². The molecule has 5 rings (SSSR count). The second-order valence-electron chi connectivity index (χ2n) is 7.28. The first-order valence-corrected chi connectivity index (χ1v) is 11.5. The lowest BCUT2D eigenvalue weighted by Gasteiger charge is -2.24. The summed E-state index contributed by atoms with van der Waals surface area (Å²) >= 11 is 0. The van der Waals surface area contributed by atoms with E-state index < -0.39 is 7.92 Å². The molecule has 0 aliphatic rings. The summed E-state index contributed by atoms with van der Waals surface area (Å²) in [6.07, 6.45) is 1.79. The fourth-order valence-corrected chi connectivity index (χ4v) is 6.41. The topological polar surface area (TPSA) is 41.6 Å². The SMILES string of the molecule is CC(c1nc2ncccc2[nH]1)c1ccccc1P(c1ccccc1)c1ccccc1. The van der Waals surface area contributed by atoms with Crippen LogP contribution in [0.5, 0.6) is 0 Å². The van der Waals surface area contributed by atoms with Gasteiger partial charge in [0.25, 0.3) is 0 Å². The van der Waals surface area contributed by atoms with Gasteiger partial charge in [0.05, 0.1) is 5.52 Å². The standard InChI is InChI=1S/C26H22N3P/c1-19(25-28-23-16-10-18-27-26(23)29-25)22-15-8-9-17-24(22)30(20-11-4-2-5-12-20)21-13-6-3-7-14-21/h2-19H,1H3,(H,27,28,29). The molecule has 0 radical (unpaired) electrons. The molecule has 30 heavy (non-hydrogen) atoms. The lowest BCUT2D eigenvalue weighted by Crippen LogP contribution is -2.24. The van der Waals surface area contributed by atoms with Gasteiger partial charge in [-0.05, 0) is 41.5 Å². The monoisotopic (exact) mass is 407 g/mol. The van der Waals surface area contributed by atoms with E-state index in [0.29, 0.717) is 0 Å². The Morgan fingerprint density at radius 2 is 1.37 bits per heavy atom. The van der Waals surface area contributed by atoms with E-state index in [4.69, 9.17) is 4.98 Å². The van der Waals surface area contributed by atoms with Crippen LogP contribution in [0.15, 0.2) is 103 Å². The molecule has 2 aromatic heterocycles. The summed E-state index contributed by atoms with van der Waals surface area (Å²) in [7, 11) is -0.671. The molecule has 1 atom stereocenters. The third kappa shape index (κ3) is 3.53. The predicted octanol–water partition coefficient (Wildman–Crippen LogP) is 4.87. The van der Waals surface area contributed by atoms with Crippen LogP contribution in [0, 0.1) is 0 Å². The largest absolute Gasteiger partial charge is 0.340 e. The molecule has 0 bridgehead atoms. The van der Waals surface area contributed by atoms with E-state index in [0.717, 1.165) is 17.0 Å². The van der Waals surface area contributed by atoms with Gasteiger partial charge in [-0.3, -0.25) is 0 Å². The third-order valence-corrected chi connectivity index (χ3v) is 7.88. The van der Waals surface area contributed by atoms with E-state index >= 15 is 0 Å². The molecule has 0 saturated heterocycles. The Labute approximate surface area is 177 Å². The van der Waals surface area contributed by atoms with E-state index in [9.17, 15) is 0 Å². The Morgan fingerprint density at radius 1 is 0.733 bits per heavy atom. The molecule has 0 aliphatic carbocycles. The van der Waals surface area contributed by atoms with E-state index in [2.05, 4.69) is 102 Å². The number of aromatic amines is 1. The zero-order valence-corrected chi connectivity index (χ0v) is 17.6. The van der Waals surface area contributed by atoms with Gasteiger partial charge in [0.1, 0.15) is 5.82 Å². The number of fused-ring (bicyclic) bond motifs is 1. The van der Waals surface area contributed by atoms with Crippen LogP contribution in [0.25, 0.3) is 11.2 Å². The van der Waals surface area contributed by atoms with Gasteiger partial charge < -0.3 is 4.98 Å². The van der Waals surface area contributed by atoms with Gasteiger partial charge in [0.15, 0.2) is 5.65 Å². The number of pyridine rings is 1. The van der Waals surface area contributed by atoms with Gasteiger partial charge in [0.2, 0.25) is 0 Å². The summed E-state index contributed by atoms with van der Waals surface area (Å²) in [5, 5.41) is 4.07. The zero-order chi connectivity index (χ0) is 20.3. The molecular weight excluding hydrogens is 385 g/mol. The average molecular weight is 407 g/mol. The summed E-state index contributed by atoms with van der Waals surface area (Å²) in [5.74, 6) is 1.08. The molecular formula is C26H22N3P. The lowest BCUT2D eigenvalue weighted by atomic mass is 10.0. The Hall–Kier alpha value is -3.29. The molecule has 1 unspecified atom stereocenters. The second-order valence-corrected chi connectivity index (χ2v) is 9.47. The summed E-state index contributed by atoms with van der Waals surface area (Å²) in [4.78, 5) is 12.6. The van der Waals surface area contributed by atoms with Crippen molar-refractivity contribution in [3.05, 3.63) is 115 Å². The molecule has 0 saturated carbocycles. The van der Waals surface area contributed by atoms with Crippen LogP contribution in [0.3, 0.4) is 0 Å². The van der Waals surface area contributed by atoms with E-state index in [1.807, 2.05) is 12.1 Å². The van der Waals surface area contributed by atoms with Gasteiger partial charge >= 0.3 is 0 Å². The van der Waals surface area contributed by atoms with Gasteiger partial charge in [-0.25, -0.2) is 9.97 Å². The highest BCUT2D eigenvalue weighted by atomic mass is 31.1. The molecule has 0 spiro atoms. The number of rotatable bonds is 5. The van der Waals surface area contributed by atoms with Crippen molar-refractivity contribution in [3.8, 4) is 0 Å². The number of aromatic nitrogens is 3. The Bertz CT molecular complexity index is 1190. The second kappa shape index (κ2) is 8.22. The summed E-state index contributed by atoms with van der Waals surface area (Å²) < 4.78 is 0. The predicted molar refractivity (Wildman–Crippen MR) is 127 cm³/mol. The fraction of sp³-hybridized carbons (Fsp3) is 0.0769. The van der Waals surface area contributed by atoms with Crippen molar-refractivity contribution in [1.82, 2.24) is 15.0 Å². The van der Waals surface area contributed by atoms with E-state index in [-0.39, 0.29) is 5.92 Å². The van der Waals surface area contributed by atoms with Crippen LogP contribution in [-0.2, 0) is 0 Å². The highest BCUT2D eigenvalue weighted by molar-refractivity contribution is 7.79. The first-order valence-electron chi connectivity index (χ1n) is 10.1. The Morgan fingerprint density at radius 3 is 2.03 bits per heavy atom. The minimum absolute atomic E-state index is 0.132. The number of hydrogen-bond acceptors (Lipinski definition) is 2. The summed E-state index contributed by atoms with van der Waals surface area (Å²) in [6.45, 7) is 2.22. The third-order valence-electron chi connectivity index (χ3n) is 5.36. The van der Waals surface area contributed by atoms with Crippen molar-refractivity contribution in [2.45, 2.75) is 12.8 Å². The fourth-order valence-electron chi connectivity index (χ4n) is 3.85. The molecule has 2 heterocycles. The molecule has 0 fully saturated rings. The van der Waals surface area contributed by atoms with Gasteiger partial charge in [0, 0.05) is 12.1 Å². The average Bonchev–Trinajstić information content (AvgIpc) is 3.25. The van der Waals surface area contributed by atoms with E-state index in [1.54, 1.807) is 6.20 Å². The van der Waals surface area contributed by atoms with Crippen molar-refractivity contribution in [2.75, 3.05) is 0 Å². The van der Waals surface area contributed by atoms with Crippen LogP contribution in [-0.4, -0.2) is 15.0 Å². The molecule has 5 aromatic rings. The van der Waals surface area contributed by atoms with Crippen LogP contribution >= 0.6 is 7.92 Å². The quantitative estimate of drug-likeness (QED) is 0.423. The maximum absolute atomic E-state index is 4.78. The van der Waals surface area contributed by atoms with Crippen molar-refractivity contribution in [3.63, 3.8) is 0 Å².